The number of ether oxygens (including phenoxy) is 1. The van der Waals surface area contributed by atoms with Gasteiger partial charge in [0.2, 0.25) is 5.91 Å². The van der Waals surface area contributed by atoms with Gasteiger partial charge in [-0.1, -0.05) is 0 Å². The minimum atomic E-state index is -0.236. The Kier molecular flexibility index (Phi) is 5.93. The average Bonchev–Trinajstić information content (AvgIpc) is 3.14. The molecule has 0 fully saturated rings. The first-order chi connectivity index (χ1) is 15.9. The molecule has 0 radical (unpaired) electrons. The van der Waals surface area contributed by atoms with E-state index in [1.165, 1.54) is 6.20 Å². The maximum Gasteiger partial charge on any atom is 0.255 e. The van der Waals surface area contributed by atoms with Gasteiger partial charge >= 0.3 is 0 Å². The number of nitriles is 1. The zero-order chi connectivity index (χ0) is 23.5. The third-order valence-corrected chi connectivity index (χ3v) is 5.07. The first-order valence-corrected chi connectivity index (χ1v) is 10.2. The molecule has 0 atom stereocenters. The molecule has 33 heavy (non-hydrogen) atoms. The smallest absolute Gasteiger partial charge is 0.255 e. The largest absolute Gasteiger partial charge is 0.460 e. The van der Waals surface area contributed by atoms with Gasteiger partial charge in [-0.2, -0.15) is 5.26 Å². The number of benzene rings is 2. The van der Waals surface area contributed by atoms with Gasteiger partial charge in [0, 0.05) is 35.8 Å². The van der Waals surface area contributed by atoms with E-state index in [4.69, 9.17) is 9.15 Å². The number of hydrogen-bond acceptors (Lipinski definition) is 7. The lowest BCUT2D eigenvalue weighted by Gasteiger charge is -2.12. The Hall–Kier alpha value is -4.42. The molecule has 3 N–H and O–H groups in total. The van der Waals surface area contributed by atoms with Gasteiger partial charge in [0.05, 0.1) is 17.6 Å². The van der Waals surface area contributed by atoms with Crippen molar-refractivity contribution in [2.45, 2.75) is 6.92 Å². The zero-order valence-electron chi connectivity index (χ0n) is 18.3. The number of anilines is 1. The van der Waals surface area contributed by atoms with E-state index in [-0.39, 0.29) is 23.9 Å². The number of furan rings is 1. The van der Waals surface area contributed by atoms with Crippen LogP contribution in [0.1, 0.15) is 21.7 Å². The number of rotatable bonds is 6. The summed E-state index contributed by atoms with van der Waals surface area (Å²) in [6, 6.07) is 12.4. The Bertz CT molecular complexity index is 1430. The normalized spacial score (nSPS) is 10.7. The van der Waals surface area contributed by atoms with Crippen molar-refractivity contribution in [1.82, 2.24) is 15.6 Å². The summed E-state index contributed by atoms with van der Waals surface area (Å²) in [6.07, 6.45) is 1.44. The summed E-state index contributed by atoms with van der Waals surface area (Å²) in [6.45, 7) is 1.89. The number of amides is 2. The molecule has 0 saturated carbocycles. The van der Waals surface area contributed by atoms with E-state index in [0.717, 1.165) is 0 Å². The van der Waals surface area contributed by atoms with Crippen LogP contribution in [0, 0.1) is 18.3 Å². The molecule has 0 bridgehead atoms. The van der Waals surface area contributed by atoms with E-state index in [0.29, 0.717) is 50.4 Å². The highest BCUT2D eigenvalue weighted by molar-refractivity contribution is 6.07. The number of nitrogens with zero attached hydrogens (tertiary/aromatic N) is 2. The minimum Gasteiger partial charge on any atom is -0.460 e. The Morgan fingerprint density at radius 2 is 1.97 bits per heavy atom. The molecule has 0 saturated heterocycles. The van der Waals surface area contributed by atoms with Crippen LogP contribution >= 0.6 is 0 Å². The van der Waals surface area contributed by atoms with E-state index in [2.05, 4.69) is 27.0 Å². The van der Waals surface area contributed by atoms with Crippen molar-refractivity contribution in [1.29, 1.82) is 5.26 Å². The number of carbonyl (C=O) groups excluding carboxylic acids is 2. The van der Waals surface area contributed by atoms with Crippen molar-refractivity contribution >= 4 is 39.4 Å². The quantitative estimate of drug-likeness (QED) is 0.416. The van der Waals surface area contributed by atoms with Crippen LogP contribution in [0.5, 0.6) is 11.5 Å². The van der Waals surface area contributed by atoms with Crippen LogP contribution in [0.2, 0.25) is 0 Å². The molecule has 2 aromatic heterocycles. The molecule has 0 aliphatic heterocycles. The van der Waals surface area contributed by atoms with Gasteiger partial charge in [0.15, 0.2) is 5.75 Å². The molecule has 4 rings (SSSR count). The number of aromatic nitrogens is 1. The summed E-state index contributed by atoms with van der Waals surface area (Å²) in [5.41, 5.74) is 2.35. The van der Waals surface area contributed by atoms with Crippen LogP contribution in [0.15, 0.2) is 47.0 Å². The lowest BCUT2D eigenvalue weighted by molar-refractivity contribution is -0.115. The summed E-state index contributed by atoms with van der Waals surface area (Å²) < 4.78 is 11.9. The van der Waals surface area contributed by atoms with E-state index >= 15 is 0 Å². The monoisotopic (exact) mass is 443 g/mol. The Balaban J connectivity index is 1.77. The zero-order valence-corrected chi connectivity index (χ0v) is 18.3. The molecule has 2 heterocycles. The number of hydrogen-bond donors (Lipinski definition) is 3. The average molecular weight is 443 g/mol. The van der Waals surface area contributed by atoms with Crippen LogP contribution in [0.3, 0.4) is 0 Å². The summed E-state index contributed by atoms with van der Waals surface area (Å²) in [7, 11) is 3.25. The van der Waals surface area contributed by atoms with Gasteiger partial charge in [-0.3, -0.25) is 14.6 Å². The highest BCUT2D eigenvalue weighted by Gasteiger charge is 2.19. The minimum absolute atomic E-state index is 0.165. The van der Waals surface area contributed by atoms with E-state index in [1.807, 2.05) is 0 Å². The number of carbonyl (C=O) groups is 2. The highest BCUT2D eigenvalue weighted by atomic mass is 16.5. The van der Waals surface area contributed by atoms with Crippen LogP contribution in [-0.2, 0) is 4.79 Å². The molecule has 0 aliphatic carbocycles. The third-order valence-electron chi connectivity index (χ3n) is 5.07. The molecule has 0 unspecified atom stereocenters. The van der Waals surface area contributed by atoms with Crippen molar-refractivity contribution in [2.75, 3.05) is 26.0 Å². The lowest BCUT2D eigenvalue weighted by atomic mass is 10.1. The first kappa shape index (κ1) is 21.8. The number of nitrogens with one attached hydrogen (secondary N) is 3. The van der Waals surface area contributed by atoms with Crippen molar-refractivity contribution in [2.24, 2.45) is 0 Å². The second-order valence-electron chi connectivity index (χ2n) is 7.30. The Labute approximate surface area is 189 Å². The topological polar surface area (TPSA) is 129 Å². The Morgan fingerprint density at radius 3 is 2.70 bits per heavy atom. The van der Waals surface area contributed by atoms with Gasteiger partial charge in [0.25, 0.3) is 5.91 Å². The van der Waals surface area contributed by atoms with Crippen LogP contribution in [0.25, 0.3) is 21.9 Å². The summed E-state index contributed by atoms with van der Waals surface area (Å²) in [4.78, 5) is 28.5. The van der Waals surface area contributed by atoms with E-state index < -0.39 is 0 Å². The van der Waals surface area contributed by atoms with Gasteiger partial charge < -0.3 is 25.1 Å². The summed E-state index contributed by atoms with van der Waals surface area (Å²) in [5, 5.41) is 19.1. The number of fused-ring (bicyclic) bond motifs is 2. The predicted molar refractivity (Wildman–Crippen MR) is 123 cm³/mol. The van der Waals surface area contributed by atoms with E-state index in [9.17, 15) is 14.9 Å². The van der Waals surface area contributed by atoms with Crippen LogP contribution in [-0.4, -0.2) is 37.4 Å². The fourth-order valence-corrected chi connectivity index (χ4v) is 3.59. The van der Waals surface area contributed by atoms with Crippen LogP contribution in [0.4, 0.5) is 5.69 Å². The number of likely N-dealkylation sites (N-methyl/N-ethyl adjacent to an activating group) is 1. The van der Waals surface area contributed by atoms with Crippen LogP contribution < -0.4 is 20.7 Å². The summed E-state index contributed by atoms with van der Waals surface area (Å²) in [5.74, 6) is 0.791. The Morgan fingerprint density at radius 1 is 1.15 bits per heavy atom. The molecular weight excluding hydrogens is 422 g/mol. The lowest BCUT2D eigenvalue weighted by Crippen LogP contribution is -2.24. The fourth-order valence-electron chi connectivity index (χ4n) is 3.59. The van der Waals surface area contributed by atoms with Crippen molar-refractivity contribution in [3.63, 3.8) is 0 Å². The second-order valence-corrected chi connectivity index (χ2v) is 7.30. The molecule has 9 heteroatoms. The van der Waals surface area contributed by atoms with E-state index in [1.54, 1.807) is 57.4 Å². The van der Waals surface area contributed by atoms with Crippen molar-refractivity contribution < 1.29 is 18.7 Å². The maximum atomic E-state index is 12.2. The molecule has 166 valence electrons. The molecule has 0 spiro atoms. The van der Waals surface area contributed by atoms with Gasteiger partial charge in [0.1, 0.15) is 28.7 Å². The molecule has 2 amide bonds. The summed E-state index contributed by atoms with van der Waals surface area (Å²) >= 11 is 0. The second kappa shape index (κ2) is 8.98. The molecule has 2 aromatic carbocycles. The van der Waals surface area contributed by atoms with Crippen molar-refractivity contribution in [3.05, 3.63) is 59.5 Å². The molecular formula is C24H21N5O4. The standard InChI is InChI=1S/C24H21N5O4/c1-13-22(24(31)27-3)17-6-5-16(9-20(17)32-13)33-23-14(10-25)11-28-19-7-4-15(8-18(19)23)29-21(30)12-26-2/h4-9,11,26H,12H2,1-3H3,(H,27,31)(H,29,30). The number of aryl methyl sites for hydroxylation is 1. The highest BCUT2D eigenvalue weighted by Crippen LogP contribution is 2.36. The van der Waals surface area contributed by atoms with Crippen molar-refractivity contribution in [3.8, 4) is 17.6 Å². The SMILES string of the molecule is CNCC(=O)Nc1ccc2ncc(C#N)c(Oc3ccc4c(C(=O)NC)c(C)oc4c3)c2c1. The third kappa shape index (κ3) is 4.20. The molecule has 0 aliphatic rings. The first-order valence-electron chi connectivity index (χ1n) is 10.2. The van der Waals surface area contributed by atoms with Gasteiger partial charge in [-0.25, -0.2) is 0 Å². The maximum absolute atomic E-state index is 12.2. The molecule has 4 aromatic rings. The number of pyridine rings is 1. The fraction of sp³-hybridized carbons (Fsp3) is 0.167. The van der Waals surface area contributed by atoms with Gasteiger partial charge in [-0.05, 0) is 44.3 Å². The van der Waals surface area contributed by atoms with Gasteiger partial charge in [-0.15, -0.1) is 0 Å². The molecule has 9 nitrogen and oxygen atoms in total. The predicted octanol–water partition coefficient (Wildman–Crippen LogP) is 3.47.